The first-order valence-electron chi connectivity index (χ1n) is 17.3. The number of halogens is 3. The minimum atomic E-state index is -4.29. The Kier molecular flexibility index (Phi) is 13.9. The van der Waals surface area contributed by atoms with E-state index < -0.39 is 11.7 Å². The summed E-state index contributed by atoms with van der Waals surface area (Å²) < 4.78 is 42.7. The third kappa shape index (κ3) is 13.1. The van der Waals surface area contributed by atoms with Gasteiger partial charge in [-0.25, -0.2) is 0 Å². The smallest absolute Gasteiger partial charge is 0.416 e. The van der Waals surface area contributed by atoms with Gasteiger partial charge < -0.3 is 10.1 Å². The van der Waals surface area contributed by atoms with E-state index in [0.29, 0.717) is 23.9 Å². The molecule has 0 amide bonds. The van der Waals surface area contributed by atoms with E-state index in [-0.39, 0.29) is 17.8 Å². The van der Waals surface area contributed by atoms with Crippen molar-refractivity contribution in [3.8, 4) is 0 Å². The molecule has 1 aromatic rings. The molecule has 1 N–H and O–H groups in total. The summed E-state index contributed by atoms with van der Waals surface area (Å²) in [6, 6.07) is 5.43. The third-order valence-electron chi connectivity index (χ3n) is 10.1. The van der Waals surface area contributed by atoms with Gasteiger partial charge in [0.2, 0.25) is 0 Å². The van der Waals surface area contributed by atoms with Crippen molar-refractivity contribution < 1.29 is 22.7 Å². The van der Waals surface area contributed by atoms with E-state index in [1.807, 2.05) is 0 Å². The second-order valence-corrected chi connectivity index (χ2v) is 15.5. The summed E-state index contributed by atoms with van der Waals surface area (Å²) in [4.78, 5) is 11.6. The number of hydrogen-bond donors (Lipinski definition) is 1. The van der Waals surface area contributed by atoms with E-state index in [9.17, 15) is 18.0 Å². The van der Waals surface area contributed by atoms with Gasteiger partial charge in [0.05, 0.1) is 12.2 Å². The Bertz CT molecular complexity index is 934. The number of esters is 1. The van der Waals surface area contributed by atoms with Crippen LogP contribution in [-0.2, 0) is 15.7 Å². The van der Waals surface area contributed by atoms with Crippen molar-refractivity contribution in [2.45, 2.75) is 143 Å². The maximum atomic E-state index is 12.6. The first kappa shape index (κ1) is 35.9. The normalized spacial score (nSPS) is 24.6. The van der Waals surface area contributed by atoms with Gasteiger partial charge in [0, 0.05) is 6.42 Å². The summed E-state index contributed by atoms with van der Waals surface area (Å²) in [7, 11) is 0. The monoisotopic (exact) mass is 607 g/mol. The van der Waals surface area contributed by atoms with Gasteiger partial charge in [0.25, 0.3) is 0 Å². The Morgan fingerprint density at radius 2 is 1.42 bits per heavy atom. The largest absolute Gasteiger partial charge is 0.466 e. The van der Waals surface area contributed by atoms with Gasteiger partial charge in [0.15, 0.2) is 0 Å². The second-order valence-electron chi connectivity index (χ2n) is 15.5. The molecule has 6 heteroatoms. The molecular formula is C37H60F3NO2. The van der Waals surface area contributed by atoms with Crippen LogP contribution in [0.1, 0.15) is 148 Å². The molecule has 3 fully saturated rings. The molecule has 0 spiro atoms. The Labute approximate surface area is 260 Å². The number of carbonyl (C=O) groups is 1. The van der Waals surface area contributed by atoms with Gasteiger partial charge in [-0.1, -0.05) is 78.4 Å². The predicted molar refractivity (Wildman–Crippen MR) is 171 cm³/mol. The fraction of sp³-hybridized carbons (Fsp3) is 0.811. The average Bonchev–Trinajstić information content (AvgIpc) is 2.92. The van der Waals surface area contributed by atoms with E-state index in [4.69, 9.17) is 4.74 Å². The van der Waals surface area contributed by atoms with E-state index in [0.717, 1.165) is 55.2 Å². The molecule has 0 bridgehead atoms. The molecule has 2 unspecified atom stereocenters. The molecule has 0 aromatic heterocycles. The Morgan fingerprint density at radius 3 is 2.00 bits per heavy atom. The average molecular weight is 608 g/mol. The summed E-state index contributed by atoms with van der Waals surface area (Å²) in [5, 5.41) is 3.73. The molecule has 3 aliphatic carbocycles. The molecule has 4 rings (SSSR count). The van der Waals surface area contributed by atoms with Gasteiger partial charge >= 0.3 is 12.1 Å². The summed E-state index contributed by atoms with van der Waals surface area (Å²) in [5.74, 6) is 2.28. The number of carbonyl (C=O) groups excluding carboxylic acids is 1. The lowest BCUT2D eigenvalue weighted by Crippen LogP contribution is -2.35. The number of hydrogen-bond acceptors (Lipinski definition) is 3. The fourth-order valence-corrected chi connectivity index (χ4v) is 8.67. The Hall–Kier alpha value is -1.56. The molecule has 0 radical (unpaired) electrons. The van der Waals surface area contributed by atoms with Crippen molar-refractivity contribution in [1.82, 2.24) is 5.32 Å². The van der Waals surface area contributed by atoms with Crippen molar-refractivity contribution in [3.05, 3.63) is 35.4 Å². The van der Waals surface area contributed by atoms with Crippen molar-refractivity contribution in [2.24, 2.45) is 28.6 Å². The van der Waals surface area contributed by atoms with Crippen LogP contribution in [0.5, 0.6) is 0 Å². The highest BCUT2D eigenvalue weighted by molar-refractivity contribution is 5.69. The van der Waals surface area contributed by atoms with Gasteiger partial charge in [-0.3, -0.25) is 4.79 Å². The van der Waals surface area contributed by atoms with Crippen LogP contribution in [0, 0.1) is 28.6 Å². The van der Waals surface area contributed by atoms with Crippen LogP contribution in [0.15, 0.2) is 24.3 Å². The standard InChI is InChI=1S/C20H39N.C17H21F3O2/c1-19(2)14-18(15-20(3,4)16-19)11-13-21-12-10-17-8-6-5-7-9-17;1-2-22-16(21)11-12-4-3-5-14(10-12)13-6-8-15(9-7-13)17(18,19)20/h17-18,21H,5-16H2,1-4H3;6-9,12,14H,2-5,10-11H2,1H3. The maximum Gasteiger partial charge on any atom is 0.416 e. The van der Waals surface area contributed by atoms with Crippen LogP contribution in [0.3, 0.4) is 0 Å². The number of benzene rings is 1. The highest BCUT2D eigenvalue weighted by Gasteiger charge is 2.38. The van der Waals surface area contributed by atoms with E-state index in [2.05, 4.69) is 33.0 Å². The van der Waals surface area contributed by atoms with Gasteiger partial charge in [-0.05, 0) is 124 Å². The molecule has 3 aliphatic rings. The zero-order valence-electron chi connectivity index (χ0n) is 27.8. The minimum Gasteiger partial charge on any atom is -0.466 e. The summed E-state index contributed by atoms with van der Waals surface area (Å²) in [5.41, 5.74) is 1.42. The first-order valence-corrected chi connectivity index (χ1v) is 17.3. The first-order chi connectivity index (χ1) is 20.3. The van der Waals surface area contributed by atoms with Crippen molar-refractivity contribution >= 4 is 5.97 Å². The molecule has 3 nitrogen and oxygen atoms in total. The van der Waals surface area contributed by atoms with Crippen LogP contribution >= 0.6 is 0 Å². The number of ether oxygens (including phenoxy) is 1. The van der Waals surface area contributed by atoms with Gasteiger partial charge in [0.1, 0.15) is 0 Å². The highest BCUT2D eigenvalue weighted by atomic mass is 19.4. The minimum absolute atomic E-state index is 0.180. The molecule has 246 valence electrons. The number of alkyl halides is 3. The van der Waals surface area contributed by atoms with E-state index in [1.54, 1.807) is 19.1 Å². The molecule has 0 saturated heterocycles. The third-order valence-corrected chi connectivity index (χ3v) is 10.1. The molecule has 0 heterocycles. The molecule has 0 aliphatic heterocycles. The lowest BCUT2D eigenvalue weighted by atomic mass is 9.61. The van der Waals surface area contributed by atoms with Gasteiger partial charge in [-0.15, -0.1) is 0 Å². The second kappa shape index (κ2) is 16.7. The van der Waals surface area contributed by atoms with Crippen LogP contribution in [0.2, 0.25) is 0 Å². The number of rotatable bonds is 10. The summed E-state index contributed by atoms with van der Waals surface area (Å²) in [6.07, 6.45) is 14.4. The topological polar surface area (TPSA) is 38.3 Å². The molecule has 43 heavy (non-hydrogen) atoms. The Morgan fingerprint density at radius 1 is 0.837 bits per heavy atom. The highest BCUT2D eigenvalue weighted by Crippen LogP contribution is 2.49. The summed E-state index contributed by atoms with van der Waals surface area (Å²) >= 11 is 0. The van der Waals surface area contributed by atoms with E-state index in [1.165, 1.54) is 77.3 Å². The predicted octanol–water partition coefficient (Wildman–Crippen LogP) is 10.7. The van der Waals surface area contributed by atoms with Crippen molar-refractivity contribution in [3.63, 3.8) is 0 Å². The lowest BCUT2D eigenvalue weighted by molar-refractivity contribution is -0.144. The maximum absolute atomic E-state index is 12.6. The van der Waals surface area contributed by atoms with Crippen LogP contribution in [-0.4, -0.2) is 25.7 Å². The van der Waals surface area contributed by atoms with Crippen molar-refractivity contribution in [1.29, 1.82) is 0 Å². The molecule has 2 atom stereocenters. The zero-order valence-corrected chi connectivity index (χ0v) is 27.8. The lowest BCUT2D eigenvalue weighted by Gasteiger charge is -2.45. The molecular weight excluding hydrogens is 547 g/mol. The molecule has 3 saturated carbocycles. The molecule has 1 aromatic carbocycles. The fourth-order valence-electron chi connectivity index (χ4n) is 8.67. The van der Waals surface area contributed by atoms with Crippen LogP contribution in [0.25, 0.3) is 0 Å². The van der Waals surface area contributed by atoms with Gasteiger partial charge in [-0.2, -0.15) is 13.2 Å². The quantitative estimate of drug-likeness (QED) is 0.212. The van der Waals surface area contributed by atoms with Crippen LogP contribution < -0.4 is 5.32 Å². The zero-order chi connectivity index (χ0) is 31.5. The van der Waals surface area contributed by atoms with E-state index >= 15 is 0 Å². The van der Waals surface area contributed by atoms with Crippen molar-refractivity contribution in [2.75, 3.05) is 19.7 Å². The summed E-state index contributed by atoms with van der Waals surface area (Å²) in [6.45, 7) is 14.5. The van der Waals surface area contributed by atoms with Crippen LogP contribution in [0.4, 0.5) is 13.2 Å². The SMILES string of the molecule is CC1(C)CC(CCNCCC2CCCCC2)CC(C)(C)C1.CCOC(=O)CC1CCCC(c2ccc(C(F)(F)F)cc2)C1. The Balaban J connectivity index is 0.000000236. The number of nitrogens with one attached hydrogen (secondary N) is 1.